The molecule has 0 aliphatic rings. The molecular formula is C15H19N3OS. The lowest BCUT2D eigenvalue weighted by atomic mass is 10.2. The molecule has 0 aromatic carbocycles. The number of pyridine rings is 1. The highest BCUT2D eigenvalue weighted by molar-refractivity contribution is 7.10. The zero-order valence-electron chi connectivity index (χ0n) is 12.0. The Hall–Kier alpha value is -1.88. The van der Waals surface area contributed by atoms with Crippen molar-refractivity contribution in [3.05, 3.63) is 46.3 Å². The molecule has 0 radical (unpaired) electrons. The smallest absolute Gasteiger partial charge is 0.272 e. The molecule has 2 aromatic rings. The van der Waals surface area contributed by atoms with Crippen LogP contribution >= 0.6 is 11.3 Å². The zero-order valence-corrected chi connectivity index (χ0v) is 12.8. The summed E-state index contributed by atoms with van der Waals surface area (Å²) in [7, 11) is 1.81. The SMILES string of the molecule is CCNc1cccc(C(=O)N(C)C(C)c2cccs2)n1. The minimum Gasteiger partial charge on any atom is -0.370 e. The van der Waals surface area contributed by atoms with Crippen molar-refractivity contribution in [2.45, 2.75) is 19.9 Å². The van der Waals surface area contributed by atoms with Crippen molar-refractivity contribution in [3.63, 3.8) is 0 Å². The molecule has 0 aliphatic carbocycles. The molecule has 1 unspecified atom stereocenters. The van der Waals surface area contributed by atoms with Crippen molar-refractivity contribution in [2.24, 2.45) is 0 Å². The number of hydrogen-bond acceptors (Lipinski definition) is 4. The van der Waals surface area contributed by atoms with Gasteiger partial charge in [0.2, 0.25) is 0 Å². The molecule has 0 spiro atoms. The fourth-order valence-corrected chi connectivity index (χ4v) is 2.74. The van der Waals surface area contributed by atoms with Crippen LogP contribution in [0, 0.1) is 0 Å². The first-order valence-corrected chi connectivity index (χ1v) is 7.53. The summed E-state index contributed by atoms with van der Waals surface area (Å²) in [6.45, 7) is 4.81. The lowest BCUT2D eigenvalue weighted by Gasteiger charge is -2.23. The number of nitrogens with one attached hydrogen (secondary N) is 1. The highest BCUT2D eigenvalue weighted by Crippen LogP contribution is 2.24. The van der Waals surface area contributed by atoms with Crippen molar-refractivity contribution in [1.29, 1.82) is 0 Å². The average molecular weight is 289 g/mol. The van der Waals surface area contributed by atoms with Crippen LogP contribution in [0.15, 0.2) is 35.7 Å². The first kappa shape index (κ1) is 14.5. The van der Waals surface area contributed by atoms with Gasteiger partial charge in [-0.15, -0.1) is 11.3 Å². The van der Waals surface area contributed by atoms with Crippen LogP contribution in [0.5, 0.6) is 0 Å². The zero-order chi connectivity index (χ0) is 14.5. The second kappa shape index (κ2) is 6.52. The normalized spacial score (nSPS) is 11.9. The van der Waals surface area contributed by atoms with E-state index in [0.29, 0.717) is 5.69 Å². The van der Waals surface area contributed by atoms with E-state index in [9.17, 15) is 4.79 Å². The van der Waals surface area contributed by atoms with Gasteiger partial charge in [0.05, 0.1) is 6.04 Å². The average Bonchev–Trinajstić information content (AvgIpc) is 3.00. The largest absolute Gasteiger partial charge is 0.370 e. The van der Waals surface area contributed by atoms with Crippen LogP contribution in [0.25, 0.3) is 0 Å². The number of carbonyl (C=O) groups is 1. The number of carbonyl (C=O) groups excluding carboxylic acids is 1. The third-order valence-electron chi connectivity index (χ3n) is 3.18. The van der Waals surface area contributed by atoms with Gasteiger partial charge in [-0.25, -0.2) is 4.98 Å². The quantitative estimate of drug-likeness (QED) is 0.917. The fraction of sp³-hybridized carbons (Fsp3) is 0.333. The summed E-state index contributed by atoms with van der Waals surface area (Å²) in [6.07, 6.45) is 0. The molecule has 0 aliphatic heterocycles. The van der Waals surface area contributed by atoms with Crippen LogP contribution in [0.1, 0.15) is 35.3 Å². The molecule has 0 saturated heterocycles. The molecule has 2 rings (SSSR count). The number of amides is 1. The van der Waals surface area contributed by atoms with Gasteiger partial charge in [0.25, 0.3) is 5.91 Å². The van der Waals surface area contributed by atoms with Crippen molar-refractivity contribution < 1.29 is 4.79 Å². The highest BCUT2D eigenvalue weighted by Gasteiger charge is 2.20. The molecule has 1 atom stereocenters. The van der Waals surface area contributed by atoms with E-state index in [-0.39, 0.29) is 11.9 Å². The molecule has 1 N–H and O–H groups in total. The van der Waals surface area contributed by atoms with Crippen molar-refractivity contribution >= 4 is 23.1 Å². The monoisotopic (exact) mass is 289 g/mol. The first-order valence-electron chi connectivity index (χ1n) is 6.65. The van der Waals surface area contributed by atoms with Gasteiger partial charge in [0, 0.05) is 18.5 Å². The number of hydrogen-bond donors (Lipinski definition) is 1. The molecule has 2 heterocycles. The fourth-order valence-electron chi connectivity index (χ4n) is 1.91. The number of aromatic nitrogens is 1. The van der Waals surface area contributed by atoms with Crippen molar-refractivity contribution in [3.8, 4) is 0 Å². The van der Waals surface area contributed by atoms with Crippen molar-refractivity contribution in [1.82, 2.24) is 9.88 Å². The van der Waals surface area contributed by atoms with Gasteiger partial charge < -0.3 is 10.2 Å². The van der Waals surface area contributed by atoms with Crippen LogP contribution in [-0.2, 0) is 0 Å². The minimum absolute atomic E-state index is 0.0482. The Bertz CT molecular complexity index is 568. The van der Waals surface area contributed by atoms with Gasteiger partial charge in [-0.2, -0.15) is 0 Å². The summed E-state index contributed by atoms with van der Waals surface area (Å²) in [6, 6.07) is 9.55. The van der Waals surface area contributed by atoms with Gasteiger partial charge in [0.15, 0.2) is 0 Å². The Labute approximate surface area is 123 Å². The second-order valence-electron chi connectivity index (χ2n) is 4.55. The maximum atomic E-state index is 12.5. The van der Waals surface area contributed by atoms with Crippen LogP contribution in [0.3, 0.4) is 0 Å². The predicted octanol–water partition coefficient (Wildman–Crippen LogP) is 3.41. The second-order valence-corrected chi connectivity index (χ2v) is 5.53. The number of nitrogens with zero attached hydrogens (tertiary/aromatic N) is 2. The van der Waals surface area contributed by atoms with E-state index >= 15 is 0 Å². The molecule has 20 heavy (non-hydrogen) atoms. The number of anilines is 1. The lowest BCUT2D eigenvalue weighted by molar-refractivity contribution is 0.0739. The lowest BCUT2D eigenvalue weighted by Crippen LogP contribution is -2.30. The molecular weight excluding hydrogens is 270 g/mol. The Morgan fingerprint density at radius 2 is 2.20 bits per heavy atom. The third-order valence-corrected chi connectivity index (χ3v) is 4.22. The summed E-state index contributed by atoms with van der Waals surface area (Å²) in [4.78, 5) is 19.7. The van der Waals surface area contributed by atoms with E-state index in [0.717, 1.165) is 12.4 Å². The summed E-state index contributed by atoms with van der Waals surface area (Å²) >= 11 is 1.66. The standard InChI is InChI=1S/C15H19N3OS/c1-4-16-14-9-5-7-12(17-14)15(19)18(3)11(2)13-8-6-10-20-13/h5-11H,4H2,1-3H3,(H,16,17). The highest BCUT2D eigenvalue weighted by atomic mass is 32.1. The van der Waals surface area contributed by atoms with Gasteiger partial charge >= 0.3 is 0 Å². The molecule has 2 aromatic heterocycles. The number of thiophene rings is 1. The molecule has 0 fully saturated rings. The van der Waals surface area contributed by atoms with E-state index in [1.54, 1.807) is 22.3 Å². The number of rotatable bonds is 5. The minimum atomic E-state index is -0.0642. The molecule has 0 bridgehead atoms. The maximum Gasteiger partial charge on any atom is 0.272 e. The summed E-state index contributed by atoms with van der Waals surface area (Å²) in [5.41, 5.74) is 0.467. The van der Waals surface area contributed by atoms with Crippen molar-refractivity contribution in [2.75, 3.05) is 18.9 Å². The van der Waals surface area contributed by atoms with E-state index in [1.807, 2.05) is 50.5 Å². The first-order chi connectivity index (χ1) is 9.63. The van der Waals surface area contributed by atoms with Crippen LogP contribution in [0.2, 0.25) is 0 Å². The van der Waals surface area contributed by atoms with E-state index in [2.05, 4.69) is 10.3 Å². The summed E-state index contributed by atoms with van der Waals surface area (Å²) in [5, 5.41) is 5.14. The van der Waals surface area contributed by atoms with Crippen LogP contribution in [-0.4, -0.2) is 29.4 Å². The third kappa shape index (κ3) is 3.17. The topological polar surface area (TPSA) is 45.2 Å². The van der Waals surface area contributed by atoms with E-state index in [4.69, 9.17) is 0 Å². The molecule has 1 amide bonds. The molecule has 4 nitrogen and oxygen atoms in total. The van der Waals surface area contributed by atoms with E-state index in [1.165, 1.54) is 4.88 Å². The Morgan fingerprint density at radius 3 is 2.85 bits per heavy atom. The van der Waals surface area contributed by atoms with Crippen LogP contribution in [0.4, 0.5) is 5.82 Å². The maximum absolute atomic E-state index is 12.5. The molecule has 106 valence electrons. The van der Waals surface area contributed by atoms with Crippen LogP contribution < -0.4 is 5.32 Å². The van der Waals surface area contributed by atoms with E-state index < -0.39 is 0 Å². The Morgan fingerprint density at radius 1 is 1.40 bits per heavy atom. The van der Waals surface area contributed by atoms with Gasteiger partial charge in [-0.1, -0.05) is 12.1 Å². The Kier molecular flexibility index (Phi) is 4.74. The predicted molar refractivity (Wildman–Crippen MR) is 83.2 cm³/mol. The Balaban J connectivity index is 2.16. The summed E-state index contributed by atoms with van der Waals surface area (Å²) < 4.78 is 0. The van der Waals surface area contributed by atoms with Gasteiger partial charge in [0.1, 0.15) is 11.5 Å². The van der Waals surface area contributed by atoms with Gasteiger partial charge in [-0.05, 0) is 37.4 Å². The van der Waals surface area contributed by atoms with Gasteiger partial charge in [-0.3, -0.25) is 4.79 Å². The molecule has 0 saturated carbocycles. The molecule has 5 heteroatoms. The summed E-state index contributed by atoms with van der Waals surface area (Å²) in [5.74, 6) is 0.668.